The highest BCUT2D eigenvalue weighted by molar-refractivity contribution is 6.99. The van der Waals surface area contributed by atoms with Crippen LogP contribution in [0.3, 0.4) is 0 Å². The van der Waals surface area contributed by atoms with Crippen LogP contribution in [0.2, 0.25) is 0 Å². The van der Waals surface area contributed by atoms with Crippen molar-refractivity contribution in [3.05, 3.63) is 150 Å². The van der Waals surface area contributed by atoms with E-state index in [4.69, 9.17) is 4.74 Å². The van der Waals surface area contributed by atoms with E-state index in [1.54, 1.807) is 0 Å². The average molecular weight is 838 g/mol. The van der Waals surface area contributed by atoms with Gasteiger partial charge in [-0.15, -0.1) is 0 Å². The zero-order valence-corrected chi connectivity index (χ0v) is 40.0. The fraction of sp³-hybridized carbons (Fsp3) is 0.288. The fourth-order valence-electron chi connectivity index (χ4n) is 10.7. The first-order valence-electron chi connectivity index (χ1n) is 23.2. The van der Waals surface area contributed by atoms with Crippen molar-refractivity contribution in [1.82, 2.24) is 9.13 Å². The van der Waals surface area contributed by atoms with Crippen LogP contribution in [0.5, 0.6) is 11.5 Å². The van der Waals surface area contributed by atoms with Crippen molar-refractivity contribution in [2.45, 2.75) is 105 Å². The number of aryl methyl sites for hydroxylation is 1. The summed E-state index contributed by atoms with van der Waals surface area (Å²) in [5.74, 6) is 1.85. The van der Waals surface area contributed by atoms with Gasteiger partial charge in [0.05, 0.1) is 27.9 Å². The van der Waals surface area contributed by atoms with Gasteiger partial charge in [0.15, 0.2) is 0 Å². The summed E-state index contributed by atoms with van der Waals surface area (Å²) in [5, 5.41) is 5.07. The number of benzene rings is 7. The minimum atomic E-state index is -0.0763. The molecule has 0 spiro atoms. The molecule has 2 aliphatic heterocycles. The number of hydrogen-bond acceptors (Lipinski definition) is 2. The molecule has 2 aliphatic rings. The molecule has 4 heterocycles. The van der Waals surface area contributed by atoms with Gasteiger partial charge in [0.25, 0.3) is 6.71 Å². The Morgan fingerprint density at radius 3 is 1.61 bits per heavy atom. The van der Waals surface area contributed by atoms with Gasteiger partial charge in [-0.05, 0) is 121 Å². The zero-order valence-electron chi connectivity index (χ0n) is 40.0. The quantitative estimate of drug-likeness (QED) is 0.162. The van der Waals surface area contributed by atoms with Crippen molar-refractivity contribution in [3.8, 4) is 17.2 Å². The second kappa shape index (κ2) is 13.4. The predicted molar refractivity (Wildman–Crippen MR) is 275 cm³/mol. The Bertz CT molecular complexity index is 3340. The Kier molecular flexibility index (Phi) is 8.51. The summed E-state index contributed by atoms with van der Waals surface area (Å²) in [6, 6.07) is 48.9. The number of hydrogen-bond donors (Lipinski definition) is 0. The van der Waals surface area contributed by atoms with E-state index < -0.39 is 0 Å². The van der Waals surface area contributed by atoms with E-state index in [-0.39, 0.29) is 28.4 Å². The highest BCUT2D eigenvalue weighted by Gasteiger charge is 2.45. The van der Waals surface area contributed by atoms with Crippen LogP contribution in [0.25, 0.3) is 49.3 Å². The van der Waals surface area contributed by atoms with E-state index in [9.17, 15) is 0 Å². The lowest BCUT2D eigenvalue weighted by molar-refractivity contribution is 0.486. The highest BCUT2D eigenvalue weighted by atomic mass is 16.5. The van der Waals surface area contributed by atoms with Crippen molar-refractivity contribution in [2.24, 2.45) is 7.05 Å². The maximum Gasteiger partial charge on any atom is 0.256 e. The molecule has 0 saturated heterocycles. The van der Waals surface area contributed by atoms with E-state index in [1.165, 1.54) is 93.6 Å². The number of rotatable bonds is 2. The molecule has 320 valence electrons. The van der Waals surface area contributed by atoms with Gasteiger partial charge in [0.2, 0.25) is 0 Å². The molecule has 4 nitrogen and oxygen atoms in total. The lowest BCUT2D eigenvalue weighted by Gasteiger charge is -2.41. The molecule has 0 unspecified atom stereocenters. The van der Waals surface area contributed by atoms with Gasteiger partial charge in [-0.25, -0.2) is 0 Å². The predicted octanol–water partition coefficient (Wildman–Crippen LogP) is 14.0. The van der Waals surface area contributed by atoms with Crippen LogP contribution in [0, 0.1) is 0 Å². The topological polar surface area (TPSA) is 22.3 Å². The van der Waals surface area contributed by atoms with Crippen LogP contribution >= 0.6 is 0 Å². The molecule has 0 amide bonds. The number of nitrogens with zero attached hydrogens (tertiary/aromatic N) is 3. The first kappa shape index (κ1) is 40.6. The molecule has 9 aromatic rings. The van der Waals surface area contributed by atoms with Crippen LogP contribution in [0.15, 0.2) is 127 Å². The second-order valence-electron chi connectivity index (χ2n) is 22.8. The lowest BCUT2D eigenvalue weighted by Crippen LogP contribution is -2.60. The van der Waals surface area contributed by atoms with E-state index in [2.05, 4.69) is 232 Å². The van der Waals surface area contributed by atoms with Crippen molar-refractivity contribution < 1.29 is 4.74 Å². The zero-order chi connectivity index (χ0) is 45.0. The Hall–Kier alpha value is -6.20. The minimum Gasteiger partial charge on any atom is -0.458 e. The molecular weight excluding hydrogens is 777 g/mol. The number of fused-ring (bicyclic) bond motifs is 10. The van der Waals surface area contributed by atoms with Crippen molar-refractivity contribution >= 4 is 83.8 Å². The van der Waals surface area contributed by atoms with Gasteiger partial charge in [0.1, 0.15) is 11.5 Å². The maximum atomic E-state index is 6.98. The standard InChI is InChI=1S/C59H60BN3O/c1-56(2,3)35-21-26-39(27-22-35)62-49-19-16-20-51-52(49)60(44-33-38(59(10,11)12)25-30-50(44)64-51)45-34-43-40-17-14-15-18-46(40)61(13)53(43)55(54(45)62)63-47-28-23-36(57(4,5)6)31-41(47)42-32-37(58(7,8)9)24-29-48(42)63/h14-34H,1-13H3. The van der Waals surface area contributed by atoms with Gasteiger partial charge >= 0.3 is 0 Å². The van der Waals surface area contributed by atoms with Crippen molar-refractivity contribution in [2.75, 3.05) is 4.90 Å². The molecule has 7 aromatic carbocycles. The Labute approximate surface area is 379 Å². The van der Waals surface area contributed by atoms with E-state index in [0.717, 1.165) is 22.9 Å². The van der Waals surface area contributed by atoms with E-state index in [0.29, 0.717) is 0 Å². The molecule has 0 atom stereocenters. The van der Waals surface area contributed by atoms with Crippen LogP contribution in [0.1, 0.15) is 105 Å². The van der Waals surface area contributed by atoms with Crippen LogP contribution in [-0.4, -0.2) is 15.8 Å². The molecule has 0 aliphatic carbocycles. The van der Waals surface area contributed by atoms with Crippen LogP contribution < -0.4 is 26.0 Å². The molecule has 0 N–H and O–H groups in total. The molecular formula is C59H60BN3O. The fourth-order valence-corrected chi connectivity index (χ4v) is 10.7. The highest BCUT2D eigenvalue weighted by Crippen LogP contribution is 2.49. The Morgan fingerprint density at radius 2 is 1.00 bits per heavy atom. The van der Waals surface area contributed by atoms with Crippen LogP contribution in [0.4, 0.5) is 17.1 Å². The summed E-state index contributed by atoms with van der Waals surface area (Å²) in [4.78, 5) is 2.57. The third kappa shape index (κ3) is 5.95. The first-order chi connectivity index (χ1) is 30.2. The van der Waals surface area contributed by atoms with Crippen LogP contribution in [-0.2, 0) is 28.7 Å². The van der Waals surface area contributed by atoms with Gasteiger partial charge in [-0.1, -0.05) is 150 Å². The number of para-hydroxylation sites is 1. The largest absolute Gasteiger partial charge is 0.458 e. The van der Waals surface area contributed by atoms with Crippen molar-refractivity contribution in [3.63, 3.8) is 0 Å². The third-order valence-corrected chi connectivity index (χ3v) is 14.4. The molecule has 0 fully saturated rings. The number of ether oxygens (including phenoxy) is 1. The van der Waals surface area contributed by atoms with E-state index >= 15 is 0 Å². The molecule has 2 aromatic heterocycles. The second-order valence-corrected chi connectivity index (χ2v) is 22.8. The normalized spacial score (nSPS) is 14.1. The molecule has 64 heavy (non-hydrogen) atoms. The molecule has 5 heteroatoms. The number of aromatic nitrogens is 2. The van der Waals surface area contributed by atoms with E-state index in [1.807, 2.05) is 0 Å². The smallest absolute Gasteiger partial charge is 0.256 e. The third-order valence-electron chi connectivity index (χ3n) is 14.4. The Balaban J connectivity index is 1.37. The monoisotopic (exact) mass is 837 g/mol. The summed E-state index contributed by atoms with van der Waals surface area (Å²) in [6.45, 7) is 27.7. The van der Waals surface area contributed by atoms with Gasteiger partial charge in [0, 0.05) is 45.5 Å². The summed E-state index contributed by atoms with van der Waals surface area (Å²) < 4.78 is 12.1. The molecule has 11 rings (SSSR count). The van der Waals surface area contributed by atoms with Gasteiger partial charge in [-0.3, -0.25) is 0 Å². The SMILES string of the molecule is Cn1c2ccccc2c2cc3c(c(-n4c5ccc(C(C)(C)C)cc5c5cc(C(C)(C)C)ccc54)c21)N(c1ccc(C(C)(C)C)cc1)c1cccc2c1B3c1cc(C(C)(C)C)ccc1O2. The molecule has 0 bridgehead atoms. The first-order valence-corrected chi connectivity index (χ1v) is 23.2. The minimum absolute atomic E-state index is 0.0128. The van der Waals surface area contributed by atoms with Crippen molar-refractivity contribution in [1.29, 1.82) is 0 Å². The lowest BCUT2D eigenvalue weighted by atomic mass is 9.34. The summed E-state index contributed by atoms with van der Waals surface area (Å²) >= 11 is 0. The molecule has 0 saturated carbocycles. The van der Waals surface area contributed by atoms with Gasteiger partial charge in [-0.2, -0.15) is 0 Å². The summed E-state index contributed by atoms with van der Waals surface area (Å²) in [5.41, 5.74) is 18.4. The average Bonchev–Trinajstić information content (AvgIpc) is 3.72. The number of anilines is 3. The Morgan fingerprint density at radius 1 is 0.438 bits per heavy atom. The van der Waals surface area contributed by atoms with Gasteiger partial charge < -0.3 is 18.8 Å². The summed E-state index contributed by atoms with van der Waals surface area (Å²) in [7, 11) is 2.26. The molecule has 0 radical (unpaired) electrons. The summed E-state index contributed by atoms with van der Waals surface area (Å²) in [6.07, 6.45) is 0. The maximum absolute atomic E-state index is 6.98.